The molecule has 0 amide bonds. The monoisotopic (exact) mass is 329 g/mol. The minimum Gasteiger partial charge on any atom is -0.381 e. The van der Waals surface area contributed by atoms with Crippen molar-refractivity contribution in [3.63, 3.8) is 0 Å². The van der Waals surface area contributed by atoms with E-state index in [0.29, 0.717) is 27.8 Å². The third-order valence-electron chi connectivity index (χ3n) is 2.68. The van der Waals surface area contributed by atoms with Crippen LogP contribution >= 0.6 is 15.9 Å². The maximum Gasteiger partial charge on any atom is 0.124 e. The van der Waals surface area contributed by atoms with Gasteiger partial charge in [0.05, 0.1) is 11.1 Å². The summed E-state index contributed by atoms with van der Waals surface area (Å²) < 4.78 is 13.9. The Hall–Kier alpha value is -2.37. The molecule has 3 nitrogen and oxygen atoms in total. The molecule has 0 radical (unpaired) electrons. The highest BCUT2D eigenvalue weighted by Crippen LogP contribution is 2.18. The second kappa shape index (κ2) is 6.18. The van der Waals surface area contributed by atoms with Gasteiger partial charge in [-0.3, -0.25) is 0 Å². The first-order chi connectivity index (χ1) is 9.62. The van der Waals surface area contributed by atoms with Crippen LogP contribution in [0.15, 0.2) is 40.9 Å². The Morgan fingerprint density at radius 3 is 2.45 bits per heavy atom. The van der Waals surface area contributed by atoms with Crippen molar-refractivity contribution in [2.75, 3.05) is 5.32 Å². The number of benzene rings is 2. The van der Waals surface area contributed by atoms with Gasteiger partial charge in [-0.2, -0.15) is 10.5 Å². The normalized spacial score (nSPS) is 9.60. The number of hydrogen-bond acceptors (Lipinski definition) is 3. The molecular formula is C15H9BrFN3. The molecule has 2 rings (SSSR count). The molecule has 0 aromatic heterocycles. The Kier molecular flexibility index (Phi) is 4.34. The van der Waals surface area contributed by atoms with E-state index in [9.17, 15) is 4.39 Å². The second-order valence-corrected chi connectivity index (χ2v) is 5.03. The van der Waals surface area contributed by atoms with E-state index in [4.69, 9.17) is 10.5 Å². The predicted octanol–water partition coefficient (Wildman–Crippen LogP) is 3.94. The molecule has 0 aliphatic carbocycles. The van der Waals surface area contributed by atoms with Crippen molar-refractivity contribution in [3.8, 4) is 12.1 Å². The highest BCUT2D eigenvalue weighted by molar-refractivity contribution is 9.10. The van der Waals surface area contributed by atoms with E-state index in [1.807, 2.05) is 18.2 Å². The van der Waals surface area contributed by atoms with Crippen LogP contribution in [0, 0.1) is 28.5 Å². The molecule has 0 unspecified atom stereocenters. The molecule has 0 aliphatic rings. The van der Waals surface area contributed by atoms with Crippen LogP contribution in [-0.4, -0.2) is 0 Å². The first-order valence-corrected chi connectivity index (χ1v) is 6.55. The van der Waals surface area contributed by atoms with Crippen LogP contribution < -0.4 is 5.32 Å². The molecule has 5 heteroatoms. The Bertz CT molecular complexity index is 709. The number of nitrogens with zero attached hydrogens (tertiary/aromatic N) is 2. The fourth-order valence-corrected chi connectivity index (χ4v) is 2.27. The van der Waals surface area contributed by atoms with Crippen molar-refractivity contribution in [1.29, 1.82) is 10.5 Å². The summed E-state index contributed by atoms with van der Waals surface area (Å²) in [4.78, 5) is 0. The minimum atomic E-state index is -0.311. The number of rotatable bonds is 3. The van der Waals surface area contributed by atoms with E-state index >= 15 is 0 Å². The molecule has 0 atom stereocenters. The highest BCUT2D eigenvalue weighted by Gasteiger charge is 2.03. The van der Waals surface area contributed by atoms with Crippen molar-refractivity contribution < 1.29 is 4.39 Å². The zero-order valence-electron chi connectivity index (χ0n) is 10.3. The van der Waals surface area contributed by atoms with Crippen LogP contribution in [0.5, 0.6) is 0 Å². The van der Waals surface area contributed by atoms with Gasteiger partial charge in [-0.05, 0) is 42.0 Å². The lowest BCUT2D eigenvalue weighted by molar-refractivity contribution is 0.625. The maximum absolute atomic E-state index is 13.2. The fourth-order valence-electron chi connectivity index (χ4n) is 1.76. The van der Waals surface area contributed by atoms with Crippen molar-refractivity contribution >= 4 is 21.6 Å². The van der Waals surface area contributed by atoms with Gasteiger partial charge in [-0.25, -0.2) is 4.39 Å². The molecule has 0 saturated carbocycles. The van der Waals surface area contributed by atoms with Crippen LogP contribution in [0.4, 0.5) is 10.1 Å². The van der Waals surface area contributed by atoms with Gasteiger partial charge in [0.1, 0.15) is 18.0 Å². The molecule has 1 N–H and O–H groups in total. The summed E-state index contributed by atoms with van der Waals surface area (Å²) in [6, 6.07) is 13.5. The summed E-state index contributed by atoms with van der Waals surface area (Å²) in [6.45, 7) is 0.424. The van der Waals surface area contributed by atoms with E-state index in [0.717, 1.165) is 5.56 Å². The maximum atomic E-state index is 13.2. The zero-order valence-corrected chi connectivity index (χ0v) is 11.9. The van der Waals surface area contributed by atoms with Gasteiger partial charge in [-0.1, -0.05) is 15.9 Å². The Balaban J connectivity index is 2.15. The summed E-state index contributed by atoms with van der Waals surface area (Å²) in [5.74, 6) is -0.311. The van der Waals surface area contributed by atoms with Crippen LogP contribution in [-0.2, 0) is 6.54 Å². The number of nitrogens with one attached hydrogen (secondary N) is 1. The summed E-state index contributed by atoms with van der Waals surface area (Å²) in [5, 5.41) is 20.9. The summed E-state index contributed by atoms with van der Waals surface area (Å²) in [6.07, 6.45) is 0. The first-order valence-electron chi connectivity index (χ1n) is 5.75. The Morgan fingerprint density at radius 2 is 1.80 bits per heavy atom. The average Bonchev–Trinajstić information content (AvgIpc) is 2.43. The molecule has 98 valence electrons. The van der Waals surface area contributed by atoms with Gasteiger partial charge in [-0.15, -0.1) is 0 Å². The van der Waals surface area contributed by atoms with Gasteiger partial charge in [0, 0.05) is 16.7 Å². The lowest BCUT2D eigenvalue weighted by atomic mass is 10.1. The quantitative estimate of drug-likeness (QED) is 0.927. The number of anilines is 1. The number of nitriles is 2. The Morgan fingerprint density at radius 1 is 1.05 bits per heavy atom. The van der Waals surface area contributed by atoms with Gasteiger partial charge in [0.2, 0.25) is 0 Å². The SMILES string of the molecule is N#Cc1ccc(NCc2cc(F)cc(Br)c2)cc1C#N. The van der Waals surface area contributed by atoms with Gasteiger partial charge >= 0.3 is 0 Å². The lowest BCUT2D eigenvalue weighted by Gasteiger charge is -2.08. The predicted molar refractivity (Wildman–Crippen MR) is 77.3 cm³/mol. The van der Waals surface area contributed by atoms with Gasteiger partial charge in [0.25, 0.3) is 0 Å². The second-order valence-electron chi connectivity index (χ2n) is 4.12. The molecule has 0 spiro atoms. The zero-order chi connectivity index (χ0) is 14.5. The molecule has 0 heterocycles. The first kappa shape index (κ1) is 14.0. The number of hydrogen-bond donors (Lipinski definition) is 1. The van der Waals surface area contributed by atoms with Crippen LogP contribution in [0.3, 0.4) is 0 Å². The molecule has 0 saturated heterocycles. The molecule has 0 bridgehead atoms. The van der Waals surface area contributed by atoms with Crippen LogP contribution in [0.25, 0.3) is 0 Å². The van der Waals surface area contributed by atoms with Crippen molar-refractivity contribution in [2.24, 2.45) is 0 Å². The number of halogens is 2. The standard InChI is InChI=1S/C15H9BrFN3/c16-13-3-10(4-14(17)6-13)9-20-15-2-1-11(7-18)12(5-15)8-19/h1-6,20H,9H2. The highest BCUT2D eigenvalue weighted by atomic mass is 79.9. The van der Waals surface area contributed by atoms with E-state index in [1.54, 1.807) is 18.2 Å². The average molecular weight is 330 g/mol. The summed E-state index contributed by atoms with van der Waals surface area (Å²) in [5.41, 5.74) is 2.14. The van der Waals surface area contributed by atoms with E-state index in [-0.39, 0.29) is 5.82 Å². The minimum absolute atomic E-state index is 0.311. The third kappa shape index (κ3) is 3.34. The van der Waals surface area contributed by atoms with Gasteiger partial charge in [0.15, 0.2) is 0 Å². The van der Waals surface area contributed by atoms with Crippen molar-refractivity contribution in [1.82, 2.24) is 0 Å². The lowest BCUT2D eigenvalue weighted by Crippen LogP contribution is -2.00. The summed E-state index contributed by atoms with van der Waals surface area (Å²) in [7, 11) is 0. The molecule has 20 heavy (non-hydrogen) atoms. The molecule has 2 aromatic carbocycles. The molecule has 2 aromatic rings. The van der Waals surface area contributed by atoms with Crippen molar-refractivity contribution in [2.45, 2.75) is 6.54 Å². The molecule has 0 aliphatic heterocycles. The van der Waals surface area contributed by atoms with E-state index in [2.05, 4.69) is 21.2 Å². The summed E-state index contributed by atoms with van der Waals surface area (Å²) >= 11 is 3.23. The topological polar surface area (TPSA) is 59.6 Å². The van der Waals surface area contributed by atoms with E-state index < -0.39 is 0 Å². The van der Waals surface area contributed by atoms with Crippen molar-refractivity contribution in [3.05, 3.63) is 63.4 Å². The van der Waals surface area contributed by atoms with Crippen LogP contribution in [0.1, 0.15) is 16.7 Å². The largest absolute Gasteiger partial charge is 0.381 e. The fraction of sp³-hybridized carbons (Fsp3) is 0.0667. The van der Waals surface area contributed by atoms with Gasteiger partial charge < -0.3 is 5.32 Å². The smallest absolute Gasteiger partial charge is 0.124 e. The van der Waals surface area contributed by atoms with E-state index in [1.165, 1.54) is 12.1 Å². The molecular weight excluding hydrogens is 321 g/mol. The van der Waals surface area contributed by atoms with Crippen LogP contribution in [0.2, 0.25) is 0 Å². The Labute approximate surface area is 124 Å². The molecule has 0 fully saturated rings. The third-order valence-corrected chi connectivity index (χ3v) is 3.14.